The molecule has 0 radical (unpaired) electrons. The molecule has 1 unspecified atom stereocenters. The maximum Gasteiger partial charge on any atom is 0.283 e. The van der Waals surface area contributed by atoms with Gasteiger partial charge in [-0.2, -0.15) is 8.42 Å². The fourth-order valence-corrected chi connectivity index (χ4v) is 5.20. The number of hydrogen-bond acceptors (Lipinski definition) is 4. The van der Waals surface area contributed by atoms with Crippen LogP contribution in [0.3, 0.4) is 0 Å². The minimum atomic E-state index is -5.03. The molecule has 3 N–H and O–H groups in total. The third-order valence-electron chi connectivity index (χ3n) is 4.39. The van der Waals surface area contributed by atoms with E-state index < -0.39 is 20.6 Å². The van der Waals surface area contributed by atoms with Crippen molar-refractivity contribution in [1.29, 1.82) is 0 Å². The van der Waals surface area contributed by atoms with E-state index in [0.29, 0.717) is 5.02 Å². The smallest absolute Gasteiger partial charge is 0.283 e. The van der Waals surface area contributed by atoms with E-state index in [0.717, 1.165) is 6.07 Å². The quantitative estimate of drug-likeness (QED) is 0.239. The molecule has 0 spiro atoms. The molecule has 0 aliphatic heterocycles. The van der Waals surface area contributed by atoms with Gasteiger partial charge in [0.1, 0.15) is 11.5 Å². The Hall–Kier alpha value is -1.67. The largest absolute Gasteiger partial charge is 0.508 e. The van der Waals surface area contributed by atoms with E-state index in [1.54, 1.807) is 0 Å². The van der Waals surface area contributed by atoms with Crippen LogP contribution in [-0.4, -0.2) is 23.2 Å². The van der Waals surface area contributed by atoms with Crippen molar-refractivity contribution in [2.24, 2.45) is 0 Å². The number of halogens is 4. The topological polar surface area (TPSA) is 94.8 Å². The van der Waals surface area contributed by atoms with Gasteiger partial charge in [-0.3, -0.25) is 4.55 Å². The van der Waals surface area contributed by atoms with Crippen LogP contribution in [0.4, 0.5) is 0 Å². The highest BCUT2D eigenvalue weighted by molar-refractivity contribution is 7.87. The predicted molar refractivity (Wildman–Crippen MR) is 114 cm³/mol. The van der Waals surface area contributed by atoms with Crippen LogP contribution in [0.5, 0.6) is 11.5 Å². The second-order valence-corrected chi connectivity index (χ2v) is 9.31. The molecule has 3 aromatic carbocycles. The van der Waals surface area contributed by atoms with Gasteiger partial charge in [0.05, 0.1) is 15.1 Å². The molecular weight excluding hydrogens is 482 g/mol. The second kappa shape index (κ2) is 7.87. The molecule has 0 aliphatic carbocycles. The average Bonchev–Trinajstić information content (AvgIpc) is 2.62. The van der Waals surface area contributed by atoms with Gasteiger partial charge in [-0.25, -0.2) is 0 Å². The van der Waals surface area contributed by atoms with E-state index in [-0.39, 0.29) is 37.5 Å². The summed E-state index contributed by atoms with van der Waals surface area (Å²) in [7, 11) is -5.03. The lowest BCUT2D eigenvalue weighted by Crippen LogP contribution is -2.38. The Morgan fingerprint density at radius 1 is 0.759 bits per heavy atom. The maximum atomic E-state index is 12.9. The molecule has 1 atom stereocenters. The highest BCUT2D eigenvalue weighted by Gasteiger charge is 2.50. The van der Waals surface area contributed by atoms with Crippen LogP contribution in [0.1, 0.15) is 16.7 Å². The van der Waals surface area contributed by atoms with Crippen molar-refractivity contribution in [2.75, 3.05) is 0 Å². The van der Waals surface area contributed by atoms with E-state index in [1.165, 1.54) is 48.5 Å². The first-order valence-electron chi connectivity index (χ1n) is 7.89. The van der Waals surface area contributed by atoms with E-state index in [1.807, 2.05) is 0 Å². The van der Waals surface area contributed by atoms with E-state index in [2.05, 4.69) is 0 Å². The molecule has 5 nitrogen and oxygen atoms in total. The first-order valence-corrected chi connectivity index (χ1v) is 10.8. The summed E-state index contributed by atoms with van der Waals surface area (Å²) in [5, 5.41) is 20.4. The molecule has 0 heterocycles. The van der Waals surface area contributed by atoms with E-state index in [9.17, 15) is 23.2 Å². The number of phenolic OH excluding ortho intramolecular Hbond substituents is 2. The highest BCUT2D eigenvalue weighted by Crippen LogP contribution is 2.49. The first-order chi connectivity index (χ1) is 13.5. The van der Waals surface area contributed by atoms with Gasteiger partial charge < -0.3 is 10.2 Å². The molecule has 152 valence electrons. The fraction of sp³-hybridized carbons (Fsp3) is 0.0526. The summed E-state index contributed by atoms with van der Waals surface area (Å²) in [6.45, 7) is 0. The lowest BCUT2D eigenvalue weighted by Gasteiger charge is -2.33. The van der Waals surface area contributed by atoms with Crippen molar-refractivity contribution >= 4 is 56.5 Å². The van der Waals surface area contributed by atoms with Crippen molar-refractivity contribution < 1.29 is 23.2 Å². The van der Waals surface area contributed by atoms with Crippen molar-refractivity contribution in [3.8, 4) is 11.5 Å². The van der Waals surface area contributed by atoms with Crippen molar-refractivity contribution in [3.05, 3.63) is 91.4 Å². The number of aromatic hydroxyl groups is 2. The van der Waals surface area contributed by atoms with Gasteiger partial charge in [0.2, 0.25) is 0 Å². The van der Waals surface area contributed by atoms with Crippen LogP contribution >= 0.6 is 46.4 Å². The zero-order chi connectivity index (χ0) is 21.6. The SMILES string of the molecule is O=S(=O)(O)C(c1ccc(Cl)cc1)(c1cc(Cl)c(Cl)c(Cl)c1)c1ccc(O)cc1O. The summed E-state index contributed by atoms with van der Waals surface area (Å²) in [6, 6.07) is 11.3. The number of rotatable bonds is 4. The van der Waals surface area contributed by atoms with Crippen LogP contribution in [0.25, 0.3) is 0 Å². The number of benzene rings is 3. The summed E-state index contributed by atoms with van der Waals surface area (Å²) >= 11 is 24.2. The van der Waals surface area contributed by atoms with Gasteiger partial charge in [-0.05, 0) is 47.5 Å². The predicted octanol–water partition coefficient (Wildman–Crippen LogP) is 5.89. The Morgan fingerprint density at radius 3 is 1.79 bits per heavy atom. The summed E-state index contributed by atoms with van der Waals surface area (Å²) in [5.41, 5.74) is -0.280. The second-order valence-electron chi connectivity index (χ2n) is 6.12. The Balaban J connectivity index is 2.56. The zero-order valence-corrected chi connectivity index (χ0v) is 18.1. The molecule has 0 bridgehead atoms. The number of phenols is 2. The molecule has 0 aromatic heterocycles. The third kappa shape index (κ3) is 3.77. The first kappa shape index (κ1) is 22.0. The Labute approximate surface area is 186 Å². The average molecular weight is 494 g/mol. The standard InChI is InChI=1S/C19H12Cl4O5S/c20-12-3-1-10(2-4-12)19(29(26,27)28,14-6-5-13(24)9-17(14)25)11-7-15(21)18(23)16(22)8-11/h1-9,24-25H,(H,26,27,28). The Kier molecular flexibility index (Phi) is 5.98. The molecule has 0 aliphatic rings. The Bertz CT molecular complexity index is 1170. The summed E-state index contributed by atoms with van der Waals surface area (Å²) in [4.78, 5) is 0. The van der Waals surface area contributed by atoms with Crippen molar-refractivity contribution in [2.45, 2.75) is 4.75 Å². The van der Waals surface area contributed by atoms with Gasteiger partial charge in [0, 0.05) is 16.7 Å². The molecule has 29 heavy (non-hydrogen) atoms. The molecule has 10 heteroatoms. The lowest BCUT2D eigenvalue weighted by atomic mass is 9.83. The minimum absolute atomic E-state index is 0.00708. The van der Waals surface area contributed by atoms with Gasteiger partial charge in [0.15, 0.2) is 4.75 Å². The van der Waals surface area contributed by atoms with E-state index >= 15 is 0 Å². The van der Waals surface area contributed by atoms with Crippen molar-refractivity contribution in [3.63, 3.8) is 0 Å². The molecule has 0 fully saturated rings. The summed E-state index contributed by atoms with van der Waals surface area (Å²) < 4.78 is 33.9. The highest BCUT2D eigenvalue weighted by atomic mass is 35.5. The molecule has 0 saturated heterocycles. The number of hydrogen-bond donors (Lipinski definition) is 3. The fourth-order valence-electron chi connectivity index (χ4n) is 3.18. The van der Waals surface area contributed by atoms with Crippen LogP contribution in [-0.2, 0) is 14.9 Å². The summed E-state index contributed by atoms with van der Waals surface area (Å²) in [5.74, 6) is -0.890. The van der Waals surface area contributed by atoms with Crippen LogP contribution in [0, 0.1) is 0 Å². The Morgan fingerprint density at radius 2 is 1.31 bits per heavy atom. The normalized spacial score (nSPS) is 13.8. The van der Waals surface area contributed by atoms with Gasteiger partial charge >= 0.3 is 0 Å². The van der Waals surface area contributed by atoms with Gasteiger partial charge in [-0.1, -0.05) is 58.5 Å². The van der Waals surface area contributed by atoms with Gasteiger partial charge in [-0.15, -0.1) is 0 Å². The molecule has 3 rings (SSSR count). The molecule has 3 aromatic rings. The summed E-state index contributed by atoms with van der Waals surface area (Å²) in [6.07, 6.45) is 0. The molecule has 0 saturated carbocycles. The molecular formula is C19H12Cl4O5S. The van der Waals surface area contributed by atoms with Crippen LogP contribution in [0.15, 0.2) is 54.6 Å². The zero-order valence-electron chi connectivity index (χ0n) is 14.3. The van der Waals surface area contributed by atoms with Crippen LogP contribution < -0.4 is 0 Å². The lowest BCUT2D eigenvalue weighted by molar-refractivity contribution is 0.431. The maximum absolute atomic E-state index is 12.9. The van der Waals surface area contributed by atoms with Gasteiger partial charge in [0.25, 0.3) is 10.1 Å². The third-order valence-corrected chi connectivity index (χ3v) is 7.30. The monoisotopic (exact) mass is 492 g/mol. The van der Waals surface area contributed by atoms with E-state index in [4.69, 9.17) is 46.4 Å². The molecule has 0 amide bonds. The van der Waals surface area contributed by atoms with Crippen molar-refractivity contribution in [1.82, 2.24) is 0 Å². The van der Waals surface area contributed by atoms with Crippen LogP contribution in [0.2, 0.25) is 20.1 Å². The minimum Gasteiger partial charge on any atom is -0.508 e.